The molecule has 0 aliphatic heterocycles. The lowest BCUT2D eigenvalue weighted by molar-refractivity contribution is -0.139. The lowest BCUT2D eigenvalue weighted by Gasteiger charge is -2.27. The molecule has 3 rings (SSSR count). The van der Waals surface area contributed by atoms with Crippen LogP contribution in [0.3, 0.4) is 0 Å². The molecule has 0 spiro atoms. The van der Waals surface area contributed by atoms with Crippen molar-refractivity contribution in [3.8, 4) is 0 Å². The summed E-state index contributed by atoms with van der Waals surface area (Å²) in [5, 5.41) is 12.6. The van der Waals surface area contributed by atoms with Gasteiger partial charge in [-0.15, -0.1) is 0 Å². The molecule has 1 saturated carbocycles. The summed E-state index contributed by atoms with van der Waals surface area (Å²) in [4.78, 5) is 8.65. The highest BCUT2D eigenvalue weighted by Crippen LogP contribution is 2.40. The second kappa shape index (κ2) is 8.76. The zero-order valence-electron chi connectivity index (χ0n) is 16.1. The van der Waals surface area contributed by atoms with E-state index in [-0.39, 0.29) is 17.6 Å². The third kappa shape index (κ3) is 5.12. The fourth-order valence-corrected chi connectivity index (χ4v) is 4.18. The van der Waals surface area contributed by atoms with E-state index in [0.29, 0.717) is 36.3 Å². The number of hydrogen-bond donors (Lipinski definition) is 3. The topological polar surface area (TPSA) is 87.1 Å². The van der Waals surface area contributed by atoms with Crippen molar-refractivity contribution in [3.05, 3.63) is 41.2 Å². The number of nitrogens with zero attached hydrogens (tertiary/aromatic N) is 2. The zero-order chi connectivity index (χ0) is 21.2. The molecule has 1 unspecified atom stereocenters. The van der Waals surface area contributed by atoms with Crippen molar-refractivity contribution in [1.29, 1.82) is 0 Å². The summed E-state index contributed by atoms with van der Waals surface area (Å²) in [5.41, 5.74) is 0.511. The summed E-state index contributed by atoms with van der Waals surface area (Å²) < 4.78 is 54.9. The van der Waals surface area contributed by atoms with Crippen LogP contribution in [-0.4, -0.2) is 32.4 Å². The van der Waals surface area contributed by atoms with Gasteiger partial charge in [-0.05, 0) is 63.4 Å². The molecule has 1 aliphatic rings. The monoisotopic (exact) mass is 428 g/mol. The maximum Gasteiger partial charge on any atom is 0.419 e. The normalized spacial score (nSPS) is 21.0. The lowest BCUT2D eigenvalue weighted by Crippen LogP contribution is -2.22. The Hall–Kier alpha value is -2.04. The molecule has 0 saturated heterocycles. The van der Waals surface area contributed by atoms with Crippen molar-refractivity contribution in [3.63, 3.8) is 0 Å². The first-order chi connectivity index (χ1) is 13.7. The Balaban J connectivity index is 1.91. The Labute approximate surface area is 169 Å². The highest BCUT2D eigenvalue weighted by atomic mass is 32.2. The Bertz CT molecular complexity index is 900. The van der Waals surface area contributed by atoms with Crippen LogP contribution in [0.2, 0.25) is 0 Å². The molecule has 1 heterocycles. The molecule has 1 aromatic carbocycles. The van der Waals surface area contributed by atoms with Crippen LogP contribution in [-0.2, 0) is 17.2 Å². The molecule has 1 fully saturated rings. The fraction of sp³-hybridized carbons (Fsp3) is 0.474. The molecule has 29 heavy (non-hydrogen) atoms. The molecule has 1 aliphatic carbocycles. The first-order valence-electron chi connectivity index (χ1n) is 9.28. The zero-order valence-corrected chi connectivity index (χ0v) is 16.9. The van der Waals surface area contributed by atoms with Crippen LogP contribution >= 0.6 is 0 Å². The van der Waals surface area contributed by atoms with Gasteiger partial charge in [0.1, 0.15) is 11.0 Å². The van der Waals surface area contributed by atoms with E-state index in [1.807, 2.05) is 0 Å². The average molecular weight is 428 g/mol. The van der Waals surface area contributed by atoms with Gasteiger partial charge in [-0.2, -0.15) is 13.2 Å². The molecule has 0 bridgehead atoms. The van der Waals surface area contributed by atoms with Gasteiger partial charge in [-0.3, -0.25) is 0 Å². The van der Waals surface area contributed by atoms with Crippen molar-refractivity contribution >= 4 is 22.6 Å². The van der Waals surface area contributed by atoms with Gasteiger partial charge in [-0.25, -0.2) is 18.9 Å². The quantitative estimate of drug-likeness (QED) is 0.674. The van der Waals surface area contributed by atoms with E-state index in [2.05, 4.69) is 20.0 Å². The molecule has 2 aromatic rings. The van der Waals surface area contributed by atoms with E-state index in [4.69, 9.17) is 0 Å². The number of aliphatic hydroxyl groups excluding tert-OH is 1. The molecular weight excluding hydrogens is 405 g/mol. The Morgan fingerprint density at radius 2 is 1.90 bits per heavy atom. The summed E-state index contributed by atoms with van der Waals surface area (Å²) in [6.07, 6.45) is -2.39. The standard InChI is InChI=1S/C19H23F3N4O2S/c1-11-9-14(29(28)23-2)7-8-16(11)25-18-24-10-15(19(20,21)22)17(26-18)12-3-5-13(27)6-4-12/h7-10,12-13,23,27H,3-6H2,1-2H3,(H,24,25,26). The predicted octanol–water partition coefficient (Wildman–Crippen LogP) is 3.81. The van der Waals surface area contributed by atoms with E-state index in [1.54, 1.807) is 32.2 Å². The maximum atomic E-state index is 13.5. The van der Waals surface area contributed by atoms with Crippen LogP contribution in [0, 0.1) is 6.92 Å². The minimum absolute atomic E-state index is 0.0348. The first kappa shape index (κ1) is 21.7. The van der Waals surface area contributed by atoms with Crippen LogP contribution in [0.5, 0.6) is 0 Å². The van der Waals surface area contributed by atoms with Gasteiger partial charge < -0.3 is 10.4 Å². The minimum Gasteiger partial charge on any atom is -0.393 e. The van der Waals surface area contributed by atoms with Gasteiger partial charge >= 0.3 is 6.18 Å². The third-order valence-electron chi connectivity index (χ3n) is 5.05. The SMILES string of the molecule is CNS(=O)c1ccc(Nc2ncc(C(F)(F)F)c(C3CCC(O)CC3)n2)c(C)c1. The van der Waals surface area contributed by atoms with Crippen molar-refractivity contribution in [2.45, 2.75) is 55.7 Å². The minimum atomic E-state index is -4.54. The number of anilines is 2. The molecule has 3 N–H and O–H groups in total. The van der Waals surface area contributed by atoms with Crippen molar-refractivity contribution < 1.29 is 22.5 Å². The maximum absolute atomic E-state index is 13.5. The van der Waals surface area contributed by atoms with E-state index < -0.39 is 28.8 Å². The first-order valence-corrected chi connectivity index (χ1v) is 10.4. The van der Waals surface area contributed by atoms with Crippen LogP contribution in [0.15, 0.2) is 29.3 Å². The van der Waals surface area contributed by atoms with Crippen LogP contribution in [0.25, 0.3) is 0 Å². The van der Waals surface area contributed by atoms with E-state index in [0.717, 1.165) is 11.8 Å². The number of halogens is 3. The number of nitrogens with one attached hydrogen (secondary N) is 2. The molecular formula is C19H23F3N4O2S. The second-order valence-corrected chi connectivity index (χ2v) is 8.49. The Morgan fingerprint density at radius 1 is 1.21 bits per heavy atom. The summed E-state index contributed by atoms with van der Waals surface area (Å²) in [6.45, 7) is 1.80. The second-order valence-electron chi connectivity index (χ2n) is 7.07. The van der Waals surface area contributed by atoms with Crippen molar-refractivity contribution in [1.82, 2.24) is 14.7 Å². The summed E-state index contributed by atoms with van der Waals surface area (Å²) in [7, 11) is 0.250. The van der Waals surface area contributed by atoms with E-state index in [9.17, 15) is 22.5 Å². The van der Waals surface area contributed by atoms with Crippen molar-refractivity contribution in [2.75, 3.05) is 12.4 Å². The molecule has 1 aromatic heterocycles. The third-order valence-corrected chi connectivity index (χ3v) is 6.10. The number of rotatable bonds is 5. The van der Waals surface area contributed by atoms with Gasteiger partial charge in [0.15, 0.2) is 0 Å². The number of hydrogen-bond acceptors (Lipinski definition) is 5. The smallest absolute Gasteiger partial charge is 0.393 e. The highest BCUT2D eigenvalue weighted by molar-refractivity contribution is 7.83. The molecule has 1 atom stereocenters. The number of benzene rings is 1. The number of alkyl halides is 3. The van der Waals surface area contributed by atoms with Gasteiger partial charge in [-0.1, -0.05) is 0 Å². The number of aromatic nitrogens is 2. The molecule has 6 nitrogen and oxygen atoms in total. The summed E-state index contributed by atoms with van der Waals surface area (Å²) >= 11 is 0. The van der Waals surface area contributed by atoms with Crippen LogP contribution in [0.1, 0.15) is 48.4 Å². The largest absolute Gasteiger partial charge is 0.419 e. The molecule has 10 heteroatoms. The lowest BCUT2D eigenvalue weighted by atomic mass is 9.84. The van der Waals surface area contributed by atoms with Gasteiger partial charge in [0, 0.05) is 17.8 Å². The molecule has 158 valence electrons. The molecule has 0 amide bonds. The van der Waals surface area contributed by atoms with E-state index in [1.165, 1.54) is 0 Å². The van der Waals surface area contributed by atoms with Crippen LogP contribution in [0.4, 0.5) is 24.8 Å². The highest BCUT2D eigenvalue weighted by Gasteiger charge is 2.38. The fourth-order valence-electron chi connectivity index (χ4n) is 3.46. The summed E-state index contributed by atoms with van der Waals surface area (Å²) in [5.74, 6) is -0.301. The van der Waals surface area contributed by atoms with Gasteiger partial charge in [0.05, 0.1) is 22.3 Å². The average Bonchev–Trinajstić information content (AvgIpc) is 2.68. The van der Waals surface area contributed by atoms with Crippen molar-refractivity contribution in [2.24, 2.45) is 0 Å². The molecule has 0 radical (unpaired) electrons. The van der Waals surface area contributed by atoms with Crippen LogP contribution < -0.4 is 10.0 Å². The Kier molecular flexibility index (Phi) is 6.55. The number of aliphatic hydroxyl groups is 1. The Morgan fingerprint density at radius 3 is 2.48 bits per heavy atom. The number of aryl methyl sites for hydroxylation is 1. The summed E-state index contributed by atoms with van der Waals surface area (Å²) in [6, 6.07) is 5.08. The van der Waals surface area contributed by atoms with E-state index >= 15 is 0 Å². The predicted molar refractivity (Wildman–Crippen MR) is 104 cm³/mol. The van der Waals surface area contributed by atoms with Gasteiger partial charge in [0.2, 0.25) is 5.95 Å². The van der Waals surface area contributed by atoms with Gasteiger partial charge in [0.25, 0.3) is 0 Å².